The molecular weight excluding hydrogens is 1130 g/mol. The van der Waals surface area contributed by atoms with E-state index in [1.165, 1.54) is 29.8 Å². The Hall–Kier alpha value is -6.02. The fraction of sp³-hybridized carbons (Fsp3) is 0.153. The van der Waals surface area contributed by atoms with E-state index in [-0.39, 0.29) is 40.9 Å². The summed E-state index contributed by atoms with van der Waals surface area (Å²) in [5.74, 6) is 3.93. The number of aromatic carboxylic acids is 1. The first kappa shape index (κ1) is 60.6. The molecule has 4 aromatic heterocycles. The maximum absolute atomic E-state index is 12.8. The Morgan fingerprint density at radius 2 is 0.962 bits per heavy atom. The maximum atomic E-state index is 12.8. The van der Waals surface area contributed by atoms with Gasteiger partial charge >= 0.3 is 41.5 Å². The largest absolute Gasteiger partial charge is 1.00 e. The number of carbonyl (C=O) groups is 2. The van der Waals surface area contributed by atoms with Gasteiger partial charge in [-0.3, -0.25) is 0 Å². The SMILES string of the molecule is CC(C)Cc1sc(Nc2ncc(-c3ccc4ccccc4c3)cc2C(=O)O)nc1-c1ccc(Cl)c(Cl)c1.COC(=O)c1cc(-c2ccc3ccccc3c2)cnc1Nc1nc(-c2ccc(Cl)c(Cl)c2)c(CC(C)C)s1.N[N-]O.[Na+]. The zero-order chi connectivity index (χ0) is 55.6. The third-order valence-corrected chi connectivity index (χ3v) is 15.5. The first-order valence-electron chi connectivity index (χ1n) is 24.3. The van der Waals surface area contributed by atoms with Crippen LogP contribution in [0, 0.1) is 11.8 Å². The molecule has 0 atom stereocenters. The number of anilines is 4. The Morgan fingerprint density at radius 3 is 1.35 bits per heavy atom. The minimum atomic E-state index is -1.07. The van der Waals surface area contributed by atoms with Gasteiger partial charge in [-0.2, -0.15) is 0 Å². The first-order valence-corrected chi connectivity index (χ1v) is 27.4. The molecule has 6 aromatic carbocycles. The Balaban J connectivity index is 0.000000215. The molecule has 0 spiro atoms. The maximum Gasteiger partial charge on any atom is 1.00 e. The Morgan fingerprint density at radius 1 is 0.570 bits per heavy atom. The minimum Gasteiger partial charge on any atom is -0.488 e. The van der Waals surface area contributed by atoms with Crippen LogP contribution in [0.25, 0.3) is 71.9 Å². The fourth-order valence-corrected chi connectivity index (χ4v) is 11.4. The van der Waals surface area contributed by atoms with E-state index in [0.29, 0.717) is 53.6 Å². The van der Waals surface area contributed by atoms with Gasteiger partial charge in [0, 0.05) is 44.4 Å². The number of ether oxygens (including phenoxy) is 1. The quantitative estimate of drug-likeness (QED) is 0.0299. The van der Waals surface area contributed by atoms with Crippen LogP contribution in [0.3, 0.4) is 0 Å². The molecular formula is C59H51Cl4N8NaO5S2. The molecule has 398 valence electrons. The number of thiazole rings is 2. The summed E-state index contributed by atoms with van der Waals surface area (Å²) >= 11 is 27.8. The fourth-order valence-electron chi connectivity index (χ4n) is 8.38. The first-order chi connectivity index (χ1) is 37.5. The molecule has 0 aliphatic rings. The summed E-state index contributed by atoms with van der Waals surface area (Å²) in [6.07, 6.45) is 5.09. The van der Waals surface area contributed by atoms with E-state index < -0.39 is 11.9 Å². The molecule has 0 aliphatic heterocycles. The van der Waals surface area contributed by atoms with Crippen LogP contribution in [0.1, 0.15) is 58.2 Å². The number of methoxy groups -OCH3 is 1. The van der Waals surface area contributed by atoms with E-state index in [1.807, 2.05) is 84.5 Å². The van der Waals surface area contributed by atoms with Gasteiger partial charge < -0.3 is 37.1 Å². The summed E-state index contributed by atoms with van der Waals surface area (Å²) in [4.78, 5) is 45.9. The predicted octanol–water partition coefficient (Wildman–Crippen LogP) is 14.7. The number of halogens is 4. The van der Waals surface area contributed by atoms with Crippen molar-refractivity contribution in [2.45, 2.75) is 40.5 Å². The average molecular weight is 1180 g/mol. The second-order valence-corrected chi connectivity index (χ2v) is 22.4. The monoisotopic (exact) mass is 1180 g/mol. The van der Waals surface area contributed by atoms with Crippen molar-refractivity contribution in [1.29, 1.82) is 0 Å². The van der Waals surface area contributed by atoms with Gasteiger partial charge in [0.1, 0.15) is 22.8 Å². The molecule has 0 radical (unpaired) electrons. The number of esters is 1. The summed E-state index contributed by atoms with van der Waals surface area (Å²) in [7, 11) is 1.36. The number of carboxylic acids is 1. The number of hydrogen-bond acceptors (Lipinski definition) is 13. The number of carboxylic acid groups (broad SMARTS) is 1. The van der Waals surface area contributed by atoms with Crippen molar-refractivity contribution >= 4 is 124 Å². The second-order valence-electron chi connectivity index (χ2n) is 18.6. The van der Waals surface area contributed by atoms with Gasteiger partial charge in [-0.15, -0.1) is 22.7 Å². The summed E-state index contributed by atoms with van der Waals surface area (Å²) < 4.78 is 5.09. The molecule has 0 saturated carbocycles. The number of hydrogen-bond donors (Lipinski definition) is 5. The van der Waals surface area contributed by atoms with Crippen LogP contribution in [0.4, 0.5) is 21.9 Å². The van der Waals surface area contributed by atoms with Crippen LogP contribution in [-0.2, 0) is 17.6 Å². The third-order valence-electron chi connectivity index (χ3n) is 12.0. The topological polar surface area (TPSA) is 200 Å². The molecule has 10 aromatic rings. The number of nitrogens with zero attached hydrogens (tertiary/aromatic N) is 5. The van der Waals surface area contributed by atoms with Gasteiger partial charge in [-0.05, 0) is 106 Å². The molecule has 4 heterocycles. The van der Waals surface area contributed by atoms with Crippen LogP contribution in [0.2, 0.25) is 20.1 Å². The van der Waals surface area contributed by atoms with Crippen molar-refractivity contribution in [3.8, 4) is 44.8 Å². The zero-order valence-electron chi connectivity index (χ0n) is 43.7. The standard InChI is InChI=1S/C30H25Cl2N3O2S.C29H23Cl2N3O2S.H3N2O.Na/c1-17(2)12-26-27(21-10-11-24(31)25(32)15-21)34-30(38-26)35-28-23(29(36)37-3)14-22(16-33-28)20-9-8-18-6-4-5-7-19(18)13-20;1-16(2)11-25-26(20-9-10-23(30)24(31)14-20)33-29(37-25)34-27-22(28(35)36)13-21(15-32-27)19-8-7-17-5-3-4-6-18(17)12-19;1-2-3;/h4-11,13-17H,12H2,1-3H3,(H,33,34,35);3-10,12-16H,11H2,1-2H3,(H,35,36)(H,32,33,34);3H,1H2;/q;;-1;+1. The van der Waals surface area contributed by atoms with E-state index in [4.69, 9.17) is 66.3 Å². The van der Waals surface area contributed by atoms with Crippen molar-refractivity contribution in [2.24, 2.45) is 17.7 Å². The molecule has 20 heteroatoms. The molecule has 0 saturated heterocycles. The number of benzene rings is 6. The molecule has 0 amide bonds. The number of nitrogens with one attached hydrogen (secondary N) is 2. The molecule has 13 nitrogen and oxygen atoms in total. The van der Waals surface area contributed by atoms with E-state index in [9.17, 15) is 14.7 Å². The number of aromatic nitrogens is 4. The van der Waals surface area contributed by atoms with Crippen molar-refractivity contribution in [3.63, 3.8) is 0 Å². The van der Waals surface area contributed by atoms with Crippen LogP contribution in [0.15, 0.2) is 146 Å². The normalized spacial score (nSPS) is 10.9. The number of carbonyl (C=O) groups excluding carboxylic acids is 1. The van der Waals surface area contributed by atoms with E-state index in [2.05, 4.69) is 78.4 Å². The summed E-state index contributed by atoms with van der Waals surface area (Å²) in [5, 5.41) is 30.9. The number of pyridine rings is 2. The Bertz CT molecular complexity index is 3800. The molecule has 6 N–H and O–H groups in total. The summed E-state index contributed by atoms with van der Waals surface area (Å²) in [5.41, 5.74) is 9.17. The number of nitrogens with two attached hydrogens (primary N) is 1. The van der Waals surface area contributed by atoms with Crippen LogP contribution < -0.4 is 46.0 Å². The van der Waals surface area contributed by atoms with Crippen LogP contribution >= 0.6 is 69.1 Å². The number of rotatable bonds is 14. The summed E-state index contributed by atoms with van der Waals surface area (Å²) in [6, 6.07) is 42.8. The Labute approximate surface area is 507 Å². The second kappa shape index (κ2) is 27.9. The van der Waals surface area contributed by atoms with Gasteiger partial charge in [0.2, 0.25) is 0 Å². The van der Waals surface area contributed by atoms with Gasteiger partial charge in [0.05, 0.1) is 38.6 Å². The molecule has 79 heavy (non-hydrogen) atoms. The van der Waals surface area contributed by atoms with Gasteiger partial charge in [-0.1, -0.05) is 159 Å². The third kappa shape index (κ3) is 15.3. The molecule has 0 fully saturated rings. The zero-order valence-corrected chi connectivity index (χ0v) is 50.3. The van der Waals surface area contributed by atoms with Crippen LogP contribution in [-0.4, -0.2) is 49.3 Å². The molecule has 0 bridgehead atoms. The van der Waals surface area contributed by atoms with Crippen molar-refractivity contribution in [1.82, 2.24) is 19.9 Å². The number of fused-ring (bicyclic) bond motifs is 2. The van der Waals surface area contributed by atoms with Crippen molar-refractivity contribution in [3.05, 3.63) is 192 Å². The van der Waals surface area contributed by atoms with E-state index in [0.717, 1.165) is 88.9 Å². The smallest absolute Gasteiger partial charge is 0.488 e. The van der Waals surface area contributed by atoms with Crippen molar-refractivity contribution in [2.75, 3.05) is 17.7 Å². The van der Waals surface area contributed by atoms with Gasteiger partial charge in [0.15, 0.2) is 10.3 Å². The van der Waals surface area contributed by atoms with Gasteiger partial charge in [-0.25, -0.2) is 29.5 Å². The van der Waals surface area contributed by atoms with Gasteiger partial charge in [0.25, 0.3) is 0 Å². The van der Waals surface area contributed by atoms with E-state index >= 15 is 0 Å². The van der Waals surface area contributed by atoms with Crippen LogP contribution in [0.5, 0.6) is 0 Å². The average Bonchev–Trinajstić information content (AvgIpc) is 4.07. The predicted molar refractivity (Wildman–Crippen MR) is 321 cm³/mol. The molecule has 0 aliphatic carbocycles. The molecule has 10 rings (SSSR count). The molecule has 0 unspecified atom stereocenters. The summed E-state index contributed by atoms with van der Waals surface area (Å²) in [6.45, 7) is 8.60. The Kier molecular flexibility index (Phi) is 21.4. The van der Waals surface area contributed by atoms with Crippen molar-refractivity contribution < 1.29 is 54.2 Å². The minimum absolute atomic E-state index is 0. The van der Waals surface area contributed by atoms with E-state index in [1.54, 1.807) is 42.7 Å².